The highest BCUT2D eigenvalue weighted by molar-refractivity contribution is 9.10. The highest BCUT2D eigenvalue weighted by Gasteiger charge is 2.15. The molecule has 1 aromatic carbocycles. The number of nitrogens with zero attached hydrogens (tertiary/aromatic N) is 3. The van der Waals surface area contributed by atoms with Crippen molar-refractivity contribution in [2.45, 2.75) is 20.0 Å². The van der Waals surface area contributed by atoms with Crippen molar-refractivity contribution in [2.75, 3.05) is 20.8 Å². The second kappa shape index (κ2) is 8.06. The van der Waals surface area contributed by atoms with Crippen molar-refractivity contribution < 1.29 is 14.3 Å². The van der Waals surface area contributed by atoms with E-state index in [4.69, 9.17) is 9.47 Å². The summed E-state index contributed by atoms with van der Waals surface area (Å²) in [6.45, 7) is 3.24. The highest BCUT2D eigenvalue weighted by Crippen LogP contribution is 2.20. The van der Waals surface area contributed by atoms with E-state index in [0.717, 1.165) is 27.0 Å². The molecule has 3 rings (SSSR count). The minimum Gasteiger partial charge on any atom is -0.465 e. The van der Waals surface area contributed by atoms with Gasteiger partial charge in [0.15, 0.2) is 0 Å². The summed E-state index contributed by atoms with van der Waals surface area (Å²) in [5.41, 5.74) is 2.72. The summed E-state index contributed by atoms with van der Waals surface area (Å²) in [6, 6.07) is 8.64. The SMILES string of the molecule is COCCn1c(Cn2c(C)cc(Br)cc2=O)nc2ccc(C(=O)OC)cc21. The lowest BCUT2D eigenvalue weighted by molar-refractivity contribution is 0.0601. The van der Waals surface area contributed by atoms with Crippen LogP contribution in [0.2, 0.25) is 0 Å². The molecule has 0 aliphatic carbocycles. The first-order chi connectivity index (χ1) is 12.9. The van der Waals surface area contributed by atoms with Crippen LogP contribution in [-0.4, -0.2) is 40.9 Å². The van der Waals surface area contributed by atoms with E-state index in [2.05, 4.69) is 20.9 Å². The zero-order valence-electron chi connectivity index (χ0n) is 15.4. The quantitative estimate of drug-likeness (QED) is 0.558. The van der Waals surface area contributed by atoms with Gasteiger partial charge in [0, 0.05) is 29.9 Å². The second-order valence-electron chi connectivity index (χ2n) is 6.11. The molecule has 2 aromatic heterocycles. The number of halogens is 1. The molecule has 0 atom stereocenters. The smallest absolute Gasteiger partial charge is 0.337 e. The molecule has 0 aliphatic heterocycles. The van der Waals surface area contributed by atoms with Crippen molar-refractivity contribution in [3.05, 3.63) is 62.2 Å². The number of benzene rings is 1. The van der Waals surface area contributed by atoms with Crippen LogP contribution < -0.4 is 5.56 Å². The number of carbonyl (C=O) groups excluding carboxylic acids is 1. The fourth-order valence-electron chi connectivity index (χ4n) is 3.00. The summed E-state index contributed by atoms with van der Waals surface area (Å²) in [5, 5.41) is 0. The topological polar surface area (TPSA) is 75.4 Å². The number of ether oxygens (including phenoxy) is 2. The van der Waals surface area contributed by atoms with Gasteiger partial charge in [-0.3, -0.25) is 4.79 Å². The molecule has 0 saturated carbocycles. The van der Waals surface area contributed by atoms with Crippen molar-refractivity contribution in [3.8, 4) is 0 Å². The molecule has 0 fully saturated rings. The Morgan fingerprint density at radius 3 is 2.63 bits per heavy atom. The van der Waals surface area contributed by atoms with Crippen LogP contribution >= 0.6 is 15.9 Å². The molecule has 27 heavy (non-hydrogen) atoms. The fourth-order valence-corrected chi connectivity index (χ4v) is 3.53. The lowest BCUT2D eigenvalue weighted by Crippen LogP contribution is -2.24. The molecule has 8 heteroatoms. The number of esters is 1. The number of carbonyl (C=O) groups is 1. The fraction of sp³-hybridized carbons (Fsp3) is 0.316. The third-order valence-electron chi connectivity index (χ3n) is 4.37. The third kappa shape index (κ3) is 3.96. The monoisotopic (exact) mass is 433 g/mol. The molecule has 0 aliphatic rings. The number of aromatic nitrogens is 3. The van der Waals surface area contributed by atoms with Crippen molar-refractivity contribution in [1.29, 1.82) is 0 Å². The van der Waals surface area contributed by atoms with Gasteiger partial charge >= 0.3 is 5.97 Å². The number of hydrogen-bond donors (Lipinski definition) is 0. The van der Waals surface area contributed by atoms with Gasteiger partial charge in [-0.2, -0.15) is 0 Å². The molecule has 0 radical (unpaired) electrons. The number of rotatable bonds is 6. The number of hydrogen-bond acceptors (Lipinski definition) is 5. The largest absolute Gasteiger partial charge is 0.465 e. The number of fused-ring (bicyclic) bond motifs is 1. The summed E-state index contributed by atoms with van der Waals surface area (Å²) in [5.74, 6) is 0.314. The van der Waals surface area contributed by atoms with Gasteiger partial charge in [0.2, 0.25) is 0 Å². The molecule has 2 heterocycles. The summed E-state index contributed by atoms with van der Waals surface area (Å²) >= 11 is 3.34. The van der Waals surface area contributed by atoms with E-state index in [1.807, 2.05) is 17.6 Å². The minimum atomic E-state index is -0.405. The Morgan fingerprint density at radius 1 is 1.19 bits per heavy atom. The predicted octanol–water partition coefficient (Wildman–Crippen LogP) is 2.75. The van der Waals surface area contributed by atoms with E-state index >= 15 is 0 Å². The maximum absolute atomic E-state index is 12.4. The molecular formula is C19H20BrN3O4. The Morgan fingerprint density at radius 2 is 1.96 bits per heavy atom. The lowest BCUT2D eigenvalue weighted by atomic mass is 10.2. The van der Waals surface area contributed by atoms with Crippen LogP contribution in [0, 0.1) is 6.92 Å². The number of aryl methyl sites for hydroxylation is 1. The number of pyridine rings is 1. The Balaban J connectivity index is 2.11. The molecule has 0 unspecified atom stereocenters. The zero-order valence-corrected chi connectivity index (χ0v) is 16.9. The van der Waals surface area contributed by atoms with Gasteiger partial charge in [0.25, 0.3) is 5.56 Å². The zero-order chi connectivity index (χ0) is 19.6. The summed E-state index contributed by atoms with van der Waals surface area (Å²) in [6.07, 6.45) is 0. The Labute approximate surface area is 164 Å². The minimum absolute atomic E-state index is 0.109. The molecular weight excluding hydrogens is 414 g/mol. The van der Waals surface area contributed by atoms with E-state index in [1.165, 1.54) is 13.2 Å². The molecule has 3 aromatic rings. The van der Waals surface area contributed by atoms with Gasteiger partial charge in [0.05, 0.1) is 36.9 Å². The van der Waals surface area contributed by atoms with Crippen molar-refractivity contribution in [3.63, 3.8) is 0 Å². The van der Waals surface area contributed by atoms with E-state index in [-0.39, 0.29) is 5.56 Å². The second-order valence-corrected chi connectivity index (χ2v) is 7.02. The van der Waals surface area contributed by atoms with Crippen LogP contribution in [0.25, 0.3) is 11.0 Å². The summed E-state index contributed by atoms with van der Waals surface area (Å²) < 4.78 is 14.4. The number of methoxy groups -OCH3 is 2. The molecule has 0 saturated heterocycles. The Kier molecular flexibility index (Phi) is 5.76. The predicted molar refractivity (Wildman–Crippen MR) is 105 cm³/mol. The number of imidazole rings is 1. The van der Waals surface area contributed by atoms with Crippen molar-refractivity contribution in [2.24, 2.45) is 0 Å². The summed E-state index contributed by atoms with van der Waals surface area (Å²) in [4.78, 5) is 28.9. The molecule has 0 N–H and O–H groups in total. The molecule has 142 valence electrons. The normalized spacial score (nSPS) is 11.1. The molecule has 0 spiro atoms. The lowest BCUT2D eigenvalue weighted by Gasteiger charge is -2.12. The highest BCUT2D eigenvalue weighted by atomic mass is 79.9. The average Bonchev–Trinajstić information content (AvgIpc) is 2.98. The first kappa shape index (κ1) is 19.3. The van der Waals surface area contributed by atoms with Crippen molar-refractivity contribution >= 4 is 32.9 Å². The Bertz CT molecular complexity index is 1060. The van der Waals surface area contributed by atoms with Gasteiger partial charge < -0.3 is 18.6 Å². The first-order valence-electron chi connectivity index (χ1n) is 8.38. The molecule has 0 bridgehead atoms. The van der Waals surface area contributed by atoms with E-state index < -0.39 is 5.97 Å². The van der Waals surface area contributed by atoms with Gasteiger partial charge in [0.1, 0.15) is 5.82 Å². The van der Waals surface area contributed by atoms with E-state index in [0.29, 0.717) is 25.3 Å². The summed E-state index contributed by atoms with van der Waals surface area (Å²) in [7, 11) is 2.98. The van der Waals surface area contributed by atoms with Crippen LogP contribution in [0.4, 0.5) is 0 Å². The van der Waals surface area contributed by atoms with Crippen LogP contribution in [-0.2, 0) is 22.6 Å². The Hall–Kier alpha value is -2.45. The molecule has 7 nitrogen and oxygen atoms in total. The van der Waals surface area contributed by atoms with E-state index in [1.54, 1.807) is 29.9 Å². The van der Waals surface area contributed by atoms with E-state index in [9.17, 15) is 9.59 Å². The first-order valence-corrected chi connectivity index (χ1v) is 9.17. The van der Waals surface area contributed by atoms with Gasteiger partial charge in [-0.15, -0.1) is 0 Å². The maximum atomic E-state index is 12.4. The van der Waals surface area contributed by atoms with Gasteiger partial charge in [-0.25, -0.2) is 9.78 Å². The maximum Gasteiger partial charge on any atom is 0.337 e. The van der Waals surface area contributed by atoms with Gasteiger partial charge in [-0.05, 0) is 31.2 Å². The average molecular weight is 434 g/mol. The third-order valence-corrected chi connectivity index (χ3v) is 4.82. The van der Waals surface area contributed by atoms with Crippen LogP contribution in [0.15, 0.2) is 39.6 Å². The van der Waals surface area contributed by atoms with Crippen LogP contribution in [0.1, 0.15) is 21.9 Å². The van der Waals surface area contributed by atoms with Crippen LogP contribution in [0.5, 0.6) is 0 Å². The van der Waals surface area contributed by atoms with Crippen LogP contribution in [0.3, 0.4) is 0 Å². The van der Waals surface area contributed by atoms with Gasteiger partial charge in [-0.1, -0.05) is 15.9 Å². The molecule has 0 amide bonds. The van der Waals surface area contributed by atoms with Crippen molar-refractivity contribution in [1.82, 2.24) is 14.1 Å². The standard InChI is InChI=1S/C19H20BrN3O4/c1-12-8-14(20)10-18(24)23(12)11-17-21-15-5-4-13(19(25)27-3)9-16(15)22(17)6-7-26-2/h4-5,8-10H,6-7,11H2,1-3H3.